The summed E-state index contributed by atoms with van der Waals surface area (Å²) in [5.74, 6) is 0.903. The Hall–Kier alpha value is -2.99. The van der Waals surface area contributed by atoms with E-state index in [2.05, 4.69) is 15.6 Å². The van der Waals surface area contributed by atoms with Crippen molar-refractivity contribution in [2.75, 3.05) is 24.9 Å². The Kier molecular flexibility index (Phi) is 4.90. The monoisotopic (exact) mass is 357 g/mol. The molecule has 0 atom stereocenters. The minimum Gasteiger partial charge on any atom is -0.495 e. The Balaban J connectivity index is 1.84. The third-order valence-electron chi connectivity index (χ3n) is 3.62. The molecule has 1 aromatic heterocycles. The molecule has 1 heterocycles. The highest BCUT2D eigenvalue weighted by Crippen LogP contribution is 2.36. The molecule has 0 fully saturated rings. The van der Waals surface area contributed by atoms with Gasteiger partial charge in [-0.1, -0.05) is 29.8 Å². The van der Waals surface area contributed by atoms with Crippen LogP contribution < -0.4 is 20.1 Å². The lowest BCUT2D eigenvalue weighted by Crippen LogP contribution is -2.20. The summed E-state index contributed by atoms with van der Waals surface area (Å²) in [4.78, 5) is 16.7. The van der Waals surface area contributed by atoms with E-state index in [0.717, 1.165) is 10.9 Å². The largest absolute Gasteiger partial charge is 0.495 e. The highest BCUT2D eigenvalue weighted by atomic mass is 35.5. The Morgan fingerprint density at radius 2 is 1.72 bits per heavy atom. The Morgan fingerprint density at radius 3 is 2.48 bits per heavy atom. The first-order chi connectivity index (χ1) is 12.1. The van der Waals surface area contributed by atoms with E-state index < -0.39 is 6.03 Å². The third-order valence-corrected chi connectivity index (χ3v) is 3.91. The quantitative estimate of drug-likeness (QED) is 0.718. The molecule has 2 aromatic carbocycles. The summed E-state index contributed by atoms with van der Waals surface area (Å²) < 4.78 is 10.4. The second-order valence-corrected chi connectivity index (χ2v) is 5.55. The summed E-state index contributed by atoms with van der Waals surface area (Å²) in [6.07, 6.45) is 1.64. The average Bonchev–Trinajstić information content (AvgIpc) is 2.62. The van der Waals surface area contributed by atoms with E-state index in [1.54, 1.807) is 24.4 Å². The van der Waals surface area contributed by atoms with Crippen molar-refractivity contribution >= 4 is 39.9 Å². The molecule has 2 amide bonds. The number of fused-ring (bicyclic) bond motifs is 1. The van der Waals surface area contributed by atoms with Crippen LogP contribution in [0.15, 0.2) is 48.7 Å². The molecule has 3 aromatic rings. The molecule has 0 unspecified atom stereocenters. The van der Waals surface area contributed by atoms with E-state index in [1.807, 2.05) is 24.3 Å². The molecule has 128 valence electrons. The molecule has 25 heavy (non-hydrogen) atoms. The van der Waals surface area contributed by atoms with Gasteiger partial charge in [-0.3, -0.25) is 4.98 Å². The molecule has 0 spiro atoms. The molecular formula is C18H16ClN3O3. The van der Waals surface area contributed by atoms with Crippen LogP contribution in [0, 0.1) is 0 Å². The lowest BCUT2D eigenvalue weighted by atomic mass is 10.2. The normalized spacial score (nSPS) is 10.4. The van der Waals surface area contributed by atoms with E-state index >= 15 is 0 Å². The molecule has 0 aliphatic heterocycles. The fraction of sp³-hybridized carbons (Fsp3) is 0.111. The highest BCUT2D eigenvalue weighted by molar-refractivity contribution is 6.32. The smallest absolute Gasteiger partial charge is 0.323 e. The van der Waals surface area contributed by atoms with Crippen LogP contribution in [-0.2, 0) is 0 Å². The number of carbonyl (C=O) groups is 1. The number of hydrogen-bond donors (Lipinski definition) is 2. The number of ether oxygens (including phenoxy) is 2. The molecule has 0 saturated heterocycles. The van der Waals surface area contributed by atoms with Gasteiger partial charge >= 0.3 is 6.03 Å². The Morgan fingerprint density at radius 1 is 1.00 bits per heavy atom. The van der Waals surface area contributed by atoms with Crippen molar-refractivity contribution in [3.8, 4) is 11.5 Å². The van der Waals surface area contributed by atoms with Gasteiger partial charge in [0.1, 0.15) is 11.5 Å². The highest BCUT2D eigenvalue weighted by Gasteiger charge is 2.13. The number of benzene rings is 2. The predicted molar refractivity (Wildman–Crippen MR) is 98.9 cm³/mol. The van der Waals surface area contributed by atoms with Crippen molar-refractivity contribution in [1.29, 1.82) is 0 Å². The molecular weight excluding hydrogens is 342 g/mol. The number of urea groups is 1. The third kappa shape index (κ3) is 3.59. The maximum Gasteiger partial charge on any atom is 0.323 e. The van der Waals surface area contributed by atoms with Gasteiger partial charge in [-0.25, -0.2) is 4.79 Å². The van der Waals surface area contributed by atoms with Crippen LogP contribution in [0.25, 0.3) is 10.9 Å². The van der Waals surface area contributed by atoms with Crippen LogP contribution in [-0.4, -0.2) is 25.2 Å². The average molecular weight is 358 g/mol. The first-order valence-corrected chi connectivity index (χ1v) is 7.83. The number of hydrogen-bond acceptors (Lipinski definition) is 4. The van der Waals surface area contributed by atoms with E-state index in [9.17, 15) is 4.79 Å². The van der Waals surface area contributed by atoms with Gasteiger partial charge < -0.3 is 20.1 Å². The van der Waals surface area contributed by atoms with Gasteiger partial charge in [0.25, 0.3) is 0 Å². The Labute approximate surface area is 149 Å². The van der Waals surface area contributed by atoms with Crippen molar-refractivity contribution in [3.63, 3.8) is 0 Å². The number of methoxy groups -OCH3 is 2. The maximum atomic E-state index is 12.4. The predicted octanol–water partition coefficient (Wildman–Crippen LogP) is 4.55. The molecule has 7 heteroatoms. The number of carbonyl (C=O) groups excluding carboxylic acids is 1. The number of aromatic nitrogens is 1. The van der Waals surface area contributed by atoms with Crippen molar-refractivity contribution in [2.24, 2.45) is 0 Å². The van der Waals surface area contributed by atoms with Crippen molar-refractivity contribution in [3.05, 3.63) is 53.7 Å². The molecule has 0 bridgehead atoms. The maximum absolute atomic E-state index is 12.4. The van der Waals surface area contributed by atoms with Gasteiger partial charge in [-0.2, -0.15) is 0 Å². The van der Waals surface area contributed by atoms with Gasteiger partial charge in [0.05, 0.1) is 36.1 Å². The van der Waals surface area contributed by atoms with Crippen molar-refractivity contribution < 1.29 is 14.3 Å². The zero-order valence-electron chi connectivity index (χ0n) is 13.7. The standard InChI is InChI=1S/C18H16ClN3O3/c1-24-16-10-17(25-2)15(9-12(16)19)22-18(23)21-14-7-8-20-13-6-4-3-5-11(13)14/h3-10H,1-2H3,(H2,20,21,22,23). The second-order valence-electron chi connectivity index (χ2n) is 5.14. The van der Waals surface area contributed by atoms with Gasteiger partial charge in [-0.05, 0) is 18.2 Å². The molecule has 0 aliphatic carbocycles. The van der Waals surface area contributed by atoms with E-state index in [4.69, 9.17) is 21.1 Å². The molecule has 2 N–H and O–H groups in total. The minimum atomic E-state index is -0.420. The minimum absolute atomic E-state index is 0.368. The van der Waals surface area contributed by atoms with E-state index in [1.165, 1.54) is 14.2 Å². The SMILES string of the molecule is COc1cc(OC)c(NC(=O)Nc2ccnc3ccccc23)cc1Cl. The summed E-state index contributed by atoms with van der Waals surface area (Å²) in [5, 5.41) is 6.76. The number of anilines is 2. The van der Waals surface area contributed by atoms with E-state index in [-0.39, 0.29) is 0 Å². The van der Waals surface area contributed by atoms with E-state index in [0.29, 0.717) is 27.9 Å². The van der Waals surface area contributed by atoms with Crippen LogP contribution in [0.4, 0.5) is 16.2 Å². The Bertz CT molecular complexity index is 925. The lowest BCUT2D eigenvalue weighted by Gasteiger charge is -2.14. The summed E-state index contributed by atoms with van der Waals surface area (Å²) in [5.41, 5.74) is 1.89. The number of pyridine rings is 1. The number of halogens is 1. The number of nitrogens with zero attached hydrogens (tertiary/aromatic N) is 1. The summed E-state index contributed by atoms with van der Waals surface area (Å²) in [7, 11) is 3.01. The number of nitrogens with one attached hydrogen (secondary N) is 2. The van der Waals surface area contributed by atoms with Crippen LogP contribution in [0.1, 0.15) is 0 Å². The van der Waals surface area contributed by atoms with Crippen molar-refractivity contribution in [2.45, 2.75) is 0 Å². The second kappa shape index (κ2) is 7.27. The fourth-order valence-corrected chi connectivity index (χ4v) is 2.68. The summed E-state index contributed by atoms with van der Waals surface area (Å²) in [6, 6.07) is 12.1. The molecule has 6 nitrogen and oxygen atoms in total. The topological polar surface area (TPSA) is 72.5 Å². The summed E-state index contributed by atoms with van der Waals surface area (Å²) in [6.45, 7) is 0. The molecule has 0 aliphatic rings. The van der Waals surface area contributed by atoms with Gasteiger partial charge in [0.15, 0.2) is 0 Å². The number of rotatable bonds is 4. The van der Waals surface area contributed by atoms with Gasteiger partial charge in [0, 0.05) is 17.6 Å². The lowest BCUT2D eigenvalue weighted by molar-refractivity contribution is 0.262. The van der Waals surface area contributed by atoms with Crippen LogP contribution in [0.2, 0.25) is 5.02 Å². The van der Waals surface area contributed by atoms with Gasteiger partial charge in [0.2, 0.25) is 0 Å². The van der Waals surface area contributed by atoms with Crippen molar-refractivity contribution in [1.82, 2.24) is 4.98 Å². The van der Waals surface area contributed by atoms with Crippen LogP contribution in [0.5, 0.6) is 11.5 Å². The zero-order valence-corrected chi connectivity index (χ0v) is 14.4. The fourth-order valence-electron chi connectivity index (χ4n) is 2.44. The molecule has 0 saturated carbocycles. The molecule has 0 radical (unpaired) electrons. The first kappa shape index (κ1) is 16.9. The van der Waals surface area contributed by atoms with Gasteiger partial charge in [-0.15, -0.1) is 0 Å². The number of para-hydroxylation sites is 1. The van der Waals surface area contributed by atoms with Crippen LogP contribution in [0.3, 0.4) is 0 Å². The summed E-state index contributed by atoms with van der Waals surface area (Å²) >= 11 is 6.12. The number of amides is 2. The zero-order chi connectivity index (χ0) is 17.8. The molecule has 3 rings (SSSR count). The van der Waals surface area contributed by atoms with Crippen LogP contribution >= 0.6 is 11.6 Å². The first-order valence-electron chi connectivity index (χ1n) is 7.45.